The van der Waals surface area contributed by atoms with Gasteiger partial charge in [0.1, 0.15) is 0 Å². The highest BCUT2D eigenvalue weighted by atomic mass is 32.2. The molecule has 1 amide bonds. The number of nitrogens with two attached hydrogens (primary N) is 1. The minimum Gasteiger partial charge on any atom is -0.330 e. The average Bonchev–Trinajstić information content (AvgIpc) is 2.38. The van der Waals surface area contributed by atoms with E-state index in [0.29, 0.717) is 18.0 Å². The summed E-state index contributed by atoms with van der Waals surface area (Å²) in [5.41, 5.74) is 7.31. The molecule has 2 rings (SSSR count). The highest BCUT2D eigenvalue weighted by Gasteiger charge is 2.27. The van der Waals surface area contributed by atoms with Crippen LogP contribution in [0.25, 0.3) is 0 Å². The molecule has 0 bridgehead atoms. The zero-order valence-electron chi connectivity index (χ0n) is 10.4. The first-order chi connectivity index (χ1) is 8.49. The molecule has 1 aliphatic rings. The van der Waals surface area contributed by atoms with Crippen LogP contribution in [-0.4, -0.2) is 18.2 Å². The summed E-state index contributed by atoms with van der Waals surface area (Å²) in [4.78, 5) is 13.8. The first-order valence-corrected chi connectivity index (χ1v) is 6.68. The zero-order chi connectivity index (χ0) is 13.3. The van der Waals surface area contributed by atoms with E-state index in [4.69, 9.17) is 11.0 Å². The fourth-order valence-corrected chi connectivity index (χ4v) is 2.67. The number of carbonyl (C=O) groups is 1. The molecule has 0 atom stereocenters. The molecule has 4 nitrogen and oxygen atoms in total. The molecule has 0 aliphatic carbocycles. The molecule has 0 saturated carbocycles. The highest BCUT2D eigenvalue weighted by Crippen LogP contribution is 2.37. The van der Waals surface area contributed by atoms with Gasteiger partial charge < -0.3 is 5.73 Å². The van der Waals surface area contributed by atoms with Crippen molar-refractivity contribution < 1.29 is 4.79 Å². The number of benzene rings is 1. The van der Waals surface area contributed by atoms with Crippen LogP contribution in [-0.2, 0) is 10.2 Å². The largest absolute Gasteiger partial charge is 0.330 e. The van der Waals surface area contributed by atoms with Crippen LogP contribution in [0.3, 0.4) is 0 Å². The van der Waals surface area contributed by atoms with E-state index >= 15 is 0 Å². The lowest BCUT2D eigenvalue weighted by atomic mass is 9.84. The normalized spacial score (nSPS) is 15.2. The van der Waals surface area contributed by atoms with Crippen LogP contribution >= 0.6 is 11.8 Å². The number of hydrogen-bond donors (Lipinski definition) is 1. The Morgan fingerprint density at radius 2 is 2.28 bits per heavy atom. The molecule has 1 aromatic rings. The van der Waals surface area contributed by atoms with Gasteiger partial charge in [0.05, 0.1) is 11.4 Å². The summed E-state index contributed by atoms with van der Waals surface area (Å²) < 4.78 is 0. The van der Waals surface area contributed by atoms with Crippen molar-refractivity contribution in [3.63, 3.8) is 0 Å². The van der Waals surface area contributed by atoms with E-state index in [2.05, 4.69) is 0 Å². The molecule has 94 valence electrons. The lowest BCUT2D eigenvalue weighted by Crippen LogP contribution is -2.32. The first-order valence-electron chi connectivity index (χ1n) is 5.69. The smallest absolute Gasteiger partial charge is 0.250 e. The molecule has 0 unspecified atom stereocenters. The van der Waals surface area contributed by atoms with Gasteiger partial charge >= 0.3 is 0 Å². The monoisotopic (exact) mass is 261 g/mol. The molecule has 18 heavy (non-hydrogen) atoms. The Morgan fingerprint density at radius 3 is 2.89 bits per heavy atom. The second-order valence-corrected chi connectivity index (χ2v) is 5.91. The maximum absolute atomic E-state index is 11.7. The Labute approximate surface area is 111 Å². The molecule has 1 aliphatic heterocycles. The van der Waals surface area contributed by atoms with Crippen LogP contribution in [0.1, 0.15) is 19.4 Å². The fourth-order valence-electron chi connectivity index (χ4n) is 1.80. The van der Waals surface area contributed by atoms with Gasteiger partial charge in [-0.05, 0) is 17.7 Å². The highest BCUT2D eigenvalue weighted by molar-refractivity contribution is 8.00. The molecule has 0 saturated heterocycles. The number of nitrogens with zero attached hydrogens (tertiary/aromatic N) is 2. The molecule has 1 aromatic carbocycles. The van der Waals surface area contributed by atoms with Crippen LogP contribution < -0.4 is 10.6 Å². The maximum Gasteiger partial charge on any atom is 0.250 e. The Balaban J connectivity index is 2.51. The number of fused-ring (bicyclic) bond motifs is 1. The summed E-state index contributed by atoms with van der Waals surface area (Å²) in [7, 11) is 0. The van der Waals surface area contributed by atoms with Crippen LogP contribution in [0.5, 0.6) is 0 Å². The second-order valence-electron chi connectivity index (χ2n) is 4.89. The summed E-state index contributed by atoms with van der Waals surface area (Å²) in [6.45, 7) is 4.60. The van der Waals surface area contributed by atoms with E-state index in [0.717, 1.165) is 10.5 Å². The summed E-state index contributed by atoms with van der Waals surface area (Å²) in [5.74, 6) is 0.151. The standard InChI is InChI=1S/C13H15N3OS/c1-13(2,7-14)9-3-4-11-10(5-9)16(8-15)12(17)6-18-11/h3-5H,6-7,14H2,1-2H3. The lowest BCUT2D eigenvalue weighted by molar-refractivity contribution is -0.115. The van der Waals surface area contributed by atoms with Crippen LogP contribution in [0.15, 0.2) is 23.1 Å². The van der Waals surface area contributed by atoms with E-state index in [-0.39, 0.29) is 11.3 Å². The Hall–Kier alpha value is -1.51. The van der Waals surface area contributed by atoms with Gasteiger partial charge in [0.2, 0.25) is 0 Å². The molecular formula is C13H15N3OS. The number of nitriles is 1. The number of hydrogen-bond acceptors (Lipinski definition) is 4. The average molecular weight is 261 g/mol. The molecule has 2 N–H and O–H groups in total. The number of carbonyl (C=O) groups excluding carboxylic acids is 1. The summed E-state index contributed by atoms with van der Waals surface area (Å²) >= 11 is 1.47. The van der Waals surface area contributed by atoms with Gasteiger partial charge in [0.15, 0.2) is 6.19 Å². The molecule has 0 radical (unpaired) electrons. The second kappa shape index (κ2) is 4.63. The van der Waals surface area contributed by atoms with Crippen molar-refractivity contribution in [2.45, 2.75) is 24.2 Å². The number of rotatable bonds is 2. The van der Waals surface area contributed by atoms with Gasteiger partial charge in [-0.1, -0.05) is 19.9 Å². The van der Waals surface area contributed by atoms with Gasteiger partial charge in [-0.3, -0.25) is 4.79 Å². The van der Waals surface area contributed by atoms with Crippen molar-refractivity contribution in [1.29, 1.82) is 5.26 Å². The van der Waals surface area contributed by atoms with Crippen molar-refractivity contribution in [3.05, 3.63) is 23.8 Å². The van der Waals surface area contributed by atoms with E-state index in [1.807, 2.05) is 38.2 Å². The van der Waals surface area contributed by atoms with Gasteiger partial charge in [0.25, 0.3) is 5.91 Å². The van der Waals surface area contributed by atoms with Gasteiger partial charge in [-0.15, -0.1) is 11.8 Å². The molecule has 0 aromatic heterocycles. The third kappa shape index (κ3) is 2.09. The zero-order valence-corrected chi connectivity index (χ0v) is 11.3. The van der Waals surface area contributed by atoms with Crippen LogP contribution in [0.2, 0.25) is 0 Å². The van der Waals surface area contributed by atoms with Crippen molar-refractivity contribution in [2.75, 3.05) is 17.2 Å². The number of anilines is 1. The molecule has 5 heteroatoms. The molecule has 0 fully saturated rings. The van der Waals surface area contributed by atoms with Crippen molar-refractivity contribution in [2.24, 2.45) is 5.73 Å². The van der Waals surface area contributed by atoms with E-state index in [1.165, 1.54) is 16.7 Å². The van der Waals surface area contributed by atoms with E-state index < -0.39 is 0 Å². The van der Waals surface area contributed by atoms with Crippen molar-refractivity contribution in [1.82, 2.24) is 0 Å². The minimum absolute atomic E-state index is 0.165. The summed E-state index contributed by atoms with van der Waals surface area (Å²) in [6.07, 6.45) is 1.95. The molecule has 1 heterocycles. The number of thioether (sulfide) groups is 1. The number of amides is 1. The lowest BCUT2D eigenvalue weighted by Gasteiger charge is -2.27. The van der Waals surface area contributed by atoms with Crippen molar-refractivity contribution >= 4 is 23.4 Å². The molecular weight excluding hydrogens is 246 g/mol. The van der Waals surface area contributed by atoms with Crippen molar-refractivity contribution in [3.8, 4) is 6.19 Å². The summed E-state index contributed by atoms with van der Waals surface area (Å²) in [5, 5.41) is 9.08. The quantitative estimate of drug-likeness (QED) is 0.825. The third-order valence-corrected chi connectivity index (χ3v) is 4.24. The maximum atomic E-state index is 11.7. The minimum atomic E-state index is -0.169. The third-order valence-electron chi connectivity index (χ3n) is 3.19. The van der Waals surface area contributed by atoms with Gasteiger partial charge in [-0.25, -0.2) is 4.90 Å². The Morgan fingerprint density at radius 1 is 1.56 bits per heavy atom. The SMILES string of the molecule is CC(C)(CN)c1ccc2c(c1)N(C#N)C(=O)CS2. The van der Waals surface area contributed by atoms with E-state index in [1.54, 1.807) is 0 Å². The predicted molar refractivity (Wildman–Crippen MR) is 72.3 cm³/mol. The van der Waals surface area contributed by atoms with E-state index in [9.17, 15) is 4.79 Å². The Bertz CT molecular complexity index is 534. The fraction of sp³-hybridized carbons (Fsp3) is 0.385. The summed E-state index contributed by atoms with van der Waals surface area (Å²) in [6, 6.07) is 5.88. The topological polar surface area (TPSA) is 70.1 Å². The first kappa shape index (κ1) is 12.9. The van der Waals surface area contributed by atoms with Gasteiger partial charge in [-0.2, -0.15) is 5.26 Å². The predicted octanol–water partition coefficient (Wildman–Crippen LogP) is 1.84. The molecule has 0 spiro atoms. The van der Waals surface area contributed by atoms with Crippen LogP contribution in [0, 0.1) is 11.5 Å². The van der Waals surface area contributed by atoms with Crippen LogP contribution in [0.4, 0.5) is 5.69 Å². The van der Waals surface area contributed by atoms with Gasteiger partial charge in [0, 0.05) is 16.9 Å². The Kier molecular flexibility index (Phi) is 3.33.